The van der Waals surface area contributed by atoms with E-state index in [-0.39, 0.29) is 23.3 Å². The molecule has 1 atom stereocenters. The second-order valence-corrected chi connectivity index (χ2v) is 8.46. The Morgan fingerprint density at radius 2 is 1.86 bits per heavy atom. The maximum absolute atomic E-state index is 12.4. The van der Waals surface area contributed by atoms with Gasteiger partial charge in [-0.1, -0.05) is 36.9 Å². The van der Waals surface area contributed by atoms with Crippen LogP contribution in [0.2, 0.25) is 0 Å². The lowest BCUT2D eigenvalue weighted by Gasteiger charge is -2.29. The van der Waals surface area contributed by atoms with Crippen LogP contribution in [0.3, 0.4) is 0 Å². The molecule has 1 aliphatic rings. The number of carbonyl (C=O) groups is 1. The van der Waals surface area contributed by atoms with E-state index in [0.717, 1.165) is 11.1 Å². The standard InChI is InChI=1S/C28H24N4O4/c1-3-24(33)32-13-14-36-23-10-9-19(15-22(23)32)21-16-20(11-12-29-21)31-26-25(27(34)28(26)35)30-17(2)18-7-5-4-6-8-18/h3-12,15-17,30H,1,13-14H2,2H3,(H,29,31)/t17-/m1/s1. The smallest absolute Gasteiger partial charge is 0.253 e. The fraction of sp³-hybridized carbons (Fsp3) is 0.143. The highest BCUT2D eigenvalue weighted by atomic mass is 16.5. The molecule has 1 aromatic heterocycles. The van der Waals surface area contributed by atoms with E-state index < -0.39 is 10.9 Å². The van der Waals surface area contributed by atoms with Gasteiger partial charge < -0.3 is 20.3 Å². The Labute approximate surface area is 207 Å². The number of anilines is 4. The molecule has 0 radical (unpaired) electrons. The number of aromatic nitrogens is 1. The van der Waals surface area contributed by atoms with Crippen molar-refractivity contribution >= 4 is 28.7 Å². The number of benzene rings is 2. The molecule has 2 heterocycles. The van der Waals surface area contributed by atoms with E-state index in [9.17, 15) is 14.4 Å². The van der Waals surface area contributed by atoms with E-state index in [1.54, 1.807) is 29.3 Å². The molecule has 2 N–H and O–H groups in total. The van der Waals surface area contributed by atoms with Crippen molar-refractivity contribution in [2.75, 3.05) is 28.7 Å². The summed E-state index contributed by atoms with van der Waals surface area (Å²) in [6.45, 7) is 6.35. The Morgan fingerprint density at radius 1 is 1.08 bits per heavy atom. The minimum Gasteiger partial charge on any atom is -0.490 e. The van der Waals surface area contributed by atoms with Crippen LogP contribution in [0.4, 0.5) is 22.7 Å². The molecule has 0 unspecified atom stereocenters. The Hall–Kier alpha value is -4.72. The van der Waals surface area contributed by atoms with Crippen LogP contribution in [0.25, 0.3) is 11.3 Å². The molecular weight excluding hydrogens is 456 g/mol. The lowest BCUT2D eigenvalue weighted by atomic mass is 10.1. The number of nitrogens with one attached hydrogen (secondary N) is 2. The summed E-state index contributed by atoms with van der Waals surface area (Å²) in [6, 6.07) is 18.5. The number of nitrogens with zero attached hydrogens (tertiary/aromatic N) is 2. The van der Waals surface area contributed by atoms with Gasteiger partial charge >= 0.3 is 0 Å². The Kier molecular flexibility index (Phi) is 6.08. The van der Waals surface area contributed by atoms with E-state index in [0.29, 0.717) is 36.0 Å². The quantitative estimate of drug-likeness (QED) is 0.302. The molecule has 0 fully saturated rings. The summed E-state index contributed by atoms with van der Waals surface area (Å²) in [7, 11) is 0. The third-order valence-corrected chi connectivity index (χ3v) is 6.16. The predicted molar refractivity (Wildman–Crippen MR) is 141 cm³/mol. The second-order valence-electron chi connectivity index (χ2n) is 8.46. The van der Waals surface area contributed by atoms with Crippen LogP contribution in [0.1, 0.15) is 18.5 Å². The maximum Gasteiger partial charge on any atom is 0.253 e. The molecular formula is C28H24N4O4. The summed E-state index contributed by atoms with van der Waals surface area (Å²) >= 11 is 0. The molecule has 4 aromatic rings. The fourth-order valence-corrected chi connectivity index (χ4v) is 4.22. The van der Waals surface area contributed by atoms with E-state index in [1.807, 2.05) is 49.4 Å². The summed E-state index contributed by atoms with van der Waals surface area (Å²) in [4.78, 5) is 43.0. The van der Waals surface area contributed by atoms with Gasteiger partial charge in [0.25, 0.3) is 16.8 Å². The van der Waals surface area contributed by atoms with E-state index in [1.165, 1.54) is 6.08 Å². The number of carbonyl (C=O) groups excluding carboxylic acids is 1. The Balaban J connectivity index is 1.40. The summed E-state index contributed by atoms with van der Waals surface area (Å²) in [5.74, 6) is 0.409. The summed E-state index contributed by atoms with van der Waals surface area (Å²) in [5.41, 5.74) is 3.03. The van der Waals surface area contributed by atoms with Crippen molar-refractivity contribution in [3.8, 4) is 17.0 Å². The van der Waals surface area contributed by atoms with Crippen molar-refractivity contribution in [1.82, 2.24) is 4.98 Å². The van der Waals surface area contributed by atoms with Gasteiger partial charge in [0, 0.05) is 23.5 Å². The first kappa shape index (κ1) is 23.0. The molecule has 0 spiro atoms. The minimum atomic E-state index is -0.569. The zero-order chi connectivity index (χ0) is 25.2. The van der Waals surface area contributed by atoms with Gasteiger partial charge in [-0.2, -0.15) is 0 Å². The van der Waals surface area contributed by atoms with Crippen LogP contribution in [0.15, 0.2) is 89.1 Å². The van der Waals surface area contributed by atoms with Gasteiger partial charge in [0.2, 0.25) is 0 Å². The highest BCUT2D eigenvalue weighted by molar-refractivity contribution is 6.02. The molecule has 8 heteroatoms. The molecule has 1 amide bonds. The highest BCUT2D eigenvalue weighted by Gasteiger charge is 2.24. The van der Waals surface area contributed by atoms with Crippen molar-refractivity contribution in [3.05, 3.63) is 106 Å². The van der Waals surface area contributed by atoms with Crippen molar-refractivity contribution < 1.29 is 9.53 Å². The SMILES string of the molecule is C=CC(=O)N1CCOc2ccc(-c3cc(Nc4c(N[C@H](C)c5ccccc5)c(=O)c4=O)ccn3)cc21. The van der Waals surface area contributed by atoms with Crippen molar-refractivity contribution in [3.63, 3.8) is 0 Å². The van der Waals surface area contributed by atoms with Crippen LogP contribution in [0, 0.1) is 0 Å². The molecule has 5 rings (SSSR count). The second kappa shape index (κ2) is 9.50. The molecule has 0 aliphatic carbocycles. The minimum absolute atomic E-state index is 0.151. The molecule has 0 saturated heterocycles. The highest BCUT2D eigenvalue weighted by Crippen LogP contribution is 2.36. The molecule has 3 aromatic carbocycles. The van der Waals surface area contributed by atoms with Gasteiger partial charge in [-0.3, -0.25) is 19.4 Å². The third-order valence-electron chi connectivity index (χ3n) is 6.16. The number of rotatable bonds is 7. The zero-order valence-electron chi connectivity index (χ0n) is 19.7. The van der Waals surface area contributed by atoms with Crippen LogP contribution in [-0.4, -0.2) is 24.0 Å². The lowest BCUT2D eigenvalue weighted by molar-refractivity contribution is -0.114. The number of pyridine rings is 1. The van der Waals surface area contributed by atoms with E-state index in [4.69, 9.17) is 4.74 Å². The van der Waals surface area contributed by atoms with E-state index in [2.05, 4.69) is 22.2 Å². The van der Waals surface area contributed by atoms with Crippen LogP contribution in [0.5, 0.6) is 5.75 Å². The fourth-order valence-electron chi connectivity index (χ4n) is 4.22. The molecule has 1 aliphatic heterocycles. The number of hydrogen-bond acceptors (Lipinski definition) is 7. The Morgan fingerprint density at radius 3 is 2.64 bits per heavy atom. The maximum atomic E-state index is 12.4. The summed E-state index contributed by atoms with van der Waals surface area (Å²) in [6.07, 6.45) is 2.89. The van der Waals surface area contributed by atoms with Gasteiger partial charge in [-0.15, -0.1) is 0 Å². The number of amides is 1. The van der Waals surface area contributed by atoms with Crippen molar-refractivity contribution in [2.24, 2.45) is 0 Å². The van der Waals surface area contributed by atoms with Crippen molar-refractivity contribution in [1.29, 1.82) is 0 Å². The first-order valence-electron chi connectivity index (χ1n) is 11.6. The number of hydrogen-bond donors (Lipinski definition) is 2. The normalized spacial score (nSPS) is 13.4. The monoisotopic (exact) mass is 480 g/mol. The molecule has 8 nitrogen and oxygen atoms in total. The lowest BCUT2D eigenvalue weighted by Crippen LogP contribution is -2.37. The van der Waals surface area contributed by atoms with Crippen LogP contribution >= 0.6 is 0 Å². The Bertz CT molecular complexity index is 1520. The molecule has 0 saturated carbocycles. The molecule has 36 heavy (non-hydrogen) atoms. The zero-order valence-corrected chi connectivity index (χ0v) is 19.7. The third kappa shape index (κ3) is 4.24. The molecule has 180 valence electrons. The van der Waals surface area contributed by atoms with Gasteiger partial charge in [0.05, 0.1) is 17.9 Å². The molecule has 0 bridgehead atoms. The first-order chi connectivity index (χ1) is 17.5. The largest absolute Gasteiger partial charge is 0.490 e. The number of ether oxygens (including phenoxy) is 1. The summed E-state index contributed by atoms with van der Waals surface area (Å²) in [5, 5.41) is 6.23. The predicted octanol–water partition coefficient (Wildman–Crippen LogP) is 4.17. The first-order valence-corrected chi connectivity index (χ1v) is 11.6. The van der Waals surface area contributed by atoms with Crippen molar-refractivity contribution in [2.45, 2.75) is 13.0 Å². The van der Waals surface area contributed by atoms with Gasteiger partial charge in [-0.05, 0) is 48.9 Å². The van der Waals surface area contributed by atoms with Gasteiger partial charge in [0.15, 0.2) is 0 Å². The van der Waals surface area contributed by atoms with Gasteiger partial charge in [0.1, 0.15) is 23.7 Å². The average Bonchev–Trinajstić information content (AvgIpc) is 2.94. The topological polar surface area (TPSA) is 101 Å². The number of fused-ring (bicyclic) bond motifs is 1. The summed E-state index contributed by atoms with van der Waals surface area (Å²) < 4.78 is 5.69. The average molecular weight is 481 g/mol. The van der Waals surface area contributed by atoms with Gasteiger partial charge in [-0.25, -0.2) is 0 Å². The van der Waals surface area contributed by atoms with Crippen LogP contribution in [-0.2, 0) is 4.79 Å². The van der Waals surface area contributed by atoms with E-state index >= 15 is 0 Å². The van der Waals surface area contributed by atoms with Crippen LogP contribution < -0.4 is 31.1 Å².